The maximum Gasteiger partial charge on any atom is 0.273 e. The molecule has 1 aliphatic rings. The number of halogens is 1. The zero-order valence-corrected chi connectivity index (χ0v) is 15.2. The highest BCUT2D eigenvalue weighted by molar-refractivity contribution is 6.04. The van der Waals surface area contributed by atoms with Gasteiger partial charge in [0.1, 0.15) is 6.04 Å². The van der Waals surface area contributed by atoms with E-state index in [1.807, 2.05) is 24.3 Å². The molecule has 1 atom stereocenters. The number of aromatic amines is 1. The van der Waals surface area contributed by atoms with Gasteiger partial charge in [-0.25, -0.2) is 0 Å². The Kier molecular flexibility index (Phi) is 4.97. The summed E-state index contributed by atoms with van der Waals surface area (Å²) >= 11 is 0. The van der Waals surface area contributed by atoms with Crippen molar-refractivity contribution < 1.29 is 9.32 Å². The first-order valence-corrected chi connectivity index (χ1v) is 8.44. The van der Waals surface area contributed by atoms with Gasteiger partial charge in [0.2, 0.25) is 5.89 Å². The van der Waals surface area contributed by atoms with Gasteiger partial charge in [-0.3, -0.25) is 9.89 Å². The number of para-hydroxylation sites is 1. The number of amides is 1. The number of nitrogens with one attached hydrogen (secondary N) is 2. The molecule has 26 heavy (non-hydrogen) atoms. The van der Waals surface area contributed by atoms with Crippen molar-refractivity contribution in [2.75, 3.05) is 0 Å². The fraction of sp³-hybridized carbons (Fsp3) is 0.412. The second-order valence-electron chi connectivity index (χ2n) is 6.63. The molecule has 1 aromatic carbocycles. The summed E-state index contributed by atoms with van der Waals surface area (Å²) in [6, 6.07) is 7.03. The number of hydrogen-bond donors (Lipinski definition) is 3. The lowest BCUT2D eigenvalue weighted by Crippen LogP contribution is -2.34. The molecule has 4 rings (SSSR count). The van der Waals surface area contributed by atoms with Crippen molar-refractivity contribution in [3.05, 3.63) is 41.7 Å². The van der Waals surface area contributed by atoms with Crippen molar-refractivity contribution in [1.82, 2.24) is 25.7 Å². The number of fused-ring (bicyclic) bond motifs is 1. The minimum atomic E-state index is -0.510. The van der Waals surface area contributed by atoms with E-state index in [4.69, 9.17) is 10.3 Å². The van der Waals surface area contributed by atoms with Crippen molar-refractivity contribution in [1.29, 1.82) is 0 Å². The molecule has 0 bridgehead atoms. The first-order chi connectivity index (χ1) is 12.1. The van der Waals surface area contributed by atoms with E-state index in [0.29, 0.717) is 17.4 Å². The minimum Gasteiger partial charge on any atom is -0.339 e. The normalized spacial score (nSPS) is 17.0. The van der Waals surface area contributed by atoms with Gasteiger partial charge in [0.05, 0.1) is 11.1 Å². The number of carbonyl (C=O) groups excluding carboxylic acids is 1. The second kappa shape index (κ2) is 7.05. The third-order valence-corrected chi connectivity index (χ3v) is 4.79. The summed E-state index contributed by atoms with van der Waals surface area (Å²) in [5, 5.41) is 14.6. The number of carbonyl (C=O) groups is 1. The van der Waals surface area contributed by atoms with E-state index in [0.717, 1.165) is 36.6 Å². The molecule has 1 fully saturated rings. The standard InChI is InChI=1S/C17H20N6O2.ClH/c1-10(15-20-16(23-25-15)17(18)8-4-5-9-17)19-14(24)13-11-6-2-3-7-12(11)21-22-13;/h2-3,6-7,10H,4-5,8-9,18H2,1H3,(H,19,24)(H,21,22);1H. The SMILES string of the molecule is CC(NC(=O)c1n[nH]c2ccccc12)c1nc(C2(N)CCCC2)no1.Cl. The average molecular weight is 377 g/mol. The van der Waals surface area contributed by atoms with Crippen molar-refractivity contribution >= 4 is 29.2 Å². The first-order valence-electron chi connectivity index (χ1n) is 8.44. The Bertz CT molecular complexity index is 915. The first kappa shape index (κ1) is 18.3. The second-order valence-corrected chi connectivity index (χ2v) is 6.63. The Labute approximate surface area is 156 Å². The van der Waals surface area contributed by atoms with Crippen molar-refractivity contribution in [3.63, 3.8) is 0 Å². The smallest absolute Gasteiger partial charge is 0.273 e. The number of benzene rings is 1. The van der Waals surface area contributed by atoms with Crippen LogP contribution in [0.4, 0.5) is 0 Å². The van der Waals surface area contributed by atoms with Crippen LogP contribution in [0.3, 0.4) is 0 Å². The summed E-state index contributed by atoms with van der Waals surface area (Å²) in [5.74, 6) is 0.569. The van der Waals surface area contributed by atoms with Crippen LogP contribution in [0.25, 0.3) is 10.9 Å². The van der Waals surface area contributed by atoms with Crippen LogP contribution in [0, 0.1) is 0 Å². The number of nitrogens with two attached hydrogens (primary N) is 1. The van der Waals surface area contributed by atoms with Crippen molar-refractivity contribution in [3.8, 4) is 0 Å². The van der Waals surface area contributed by atoms with E-state index in [2.05, 4.69) is 25.7 Å². The predicted molar refractivity (Wildman–Crippen MR) is 97.9 cm³/mol. The van der Waals surface area contributed by atoms with Gasteiger partial charge in [0.15, 0.2) is 11.5 Å². The third-order valence-electron chi connectivity index (χ3n) is 4.79. The van der Waals surface area contributed by atoms with E-state index in [1.165, 1.54) is 0 Å². The van der Waals surface area contributed by atoms with Crippen LogP contribution in [0.2, 0.25) is 0 Å². The number of nitrogens with zero attached hydrogens (tertiary/aromatic N) is 3. The highest BCUT2D eigenvalue weighted by atomic mass is 35.5. The van der Waals surface area contributed by atoms with Gasteiger partial charge in [-0.1, -0.05) is 36.2 Å². The van der Waals surface area contributed by atoms with Gasteiger partial charge in [-0.15, -0.1) is 12.4 Å². The van der Waals surface area contributed by atoms with Crippen LogP contribution in [0.1, 0.15) is 60.9 Å². The fourth-order valence-corrected chi connectivity index (χ4v) is 3.31. The van der Waals surface area contributed by atoms with E-state index >= 15 is 0 Å². The molecule has 1 aliphatic carbocycles. The summed E-state index contributed by atoms with van der Waals surface area (Å²) in [7, 11) is 0. The molecule has 0 spiro atoms. The average Bonchev–Trinajstić information content (AvgIpc) is 3.34. The lowest BCUT2D eigenvalue weighted by molar-refractivity contribution is 0.0929. The Balaban J connectivity index is 0.00000196. The zero-order valence-electron chi connectivity index (χ0n) is 14.4. The van der Waals surface area contributed by atoms with Crippen molar-refractivity contribution in [2.45, 2.75) is 44.2 Å². The van der Waals surface area contributed by atoms with Gasteiger partial charge in [-0.2, -0.15) is 10.1 Å². The molecule has 0 aliphatic heterocycles. The van der Waals surface area contributed by atoms with Crippen molar-refractivity contribution in [2.24, 2.45) is 5.73 Å². The predicted octanol–water partition coefficient (Wildman–Crippen LogP) is 2.59. The maximum atomic E-state index is 12.5. The monoisotopic (exact) mass is 376 g/mol. The maximum absolute atomic E-state index is 12.5. The van der Waals surface area contributed by atoms with Crippen LogP contribution in [0.15, 0.2) is 28.8 Å². The molecule has 0 radical (unpaired) electrons. The molecule has 8 nitrogen and oxygen atoms in total. The Morgan fingerprint density at radius 3 is 2.85 bits per heavy atom. The molecular formula is C17H21ClN6O2. The number of hydrogen-bond acceptors (Lipinski definition) is 6. The Morgan fingerprint density at radius 1 is 1.35 bits per heavy atom. The topological polar surface area (TPSA) is 123 Å². The number of aromatic nitrogens is 4. The van der Waals surface area contributed by atoms with E-state index < -0.39 is 11.6 Å². The number of rotatable bonds is 4. The van der Waals surface area contributed by atoms with Crippen LogP contribution in [-0.2, 0) is 5.54 Å². The highest BCUT2D eigenvalue weighted by Crippen LogP contribution is 2.34. The number of H-pyrrole nitrogens is 1. The molecule has 138 valence electrons. The Morgan fingerprint density at radius 2 is 2.08 bits per heavy atom. The quantitative estimate of drug-likeness (QED) is 0.643. The minimum absolute atomic E-state index is 0. The van der Waals surface area contributed by atoms with Crippen LogP contribution in [0.5, 0.6) is 0 Å². The van der Waals surface area contributed by atoms with E-state index in [1.54, 1.807) is 6.92 Å². The lowest BCUT2D eigenvalue weighted by Gasteiger charge is -2.17. The van der Waals surface area contributed by atoms with Gasteiger partial charge in [0, 0.05) is 5.39 Å². The Hall–Kier alpha value is -2.45. The molecule has 0 saturated heterocycles. The summed E-state index contributed by atoms with van der Waals surface area (Å²) in [6.07, 6.45) is 3.84. The van der Waals surface area contributed by atoms with Crippen LogP contribution in [-0.4, -0.2) is 26.2 Å². The molecule has 1 amide bonds. The van der Waals surface area contributed by atoms with Gasteiger partial charge in [0.25, 0.3) is 5.91 Å². The lowest BCUT2D eigenvalue weighted by atomic mass is 9.99. The molecule has 1 saturated carbocycles. The fourth-order valence-electron chi connectivity index (χ4n) is 3.31. The summed E-state index contributed by atoms with van der Waals surface area (Å²) in [6.45, 7) is 1.79. The van der Waals surface area contributed by atoms with E-state index in [-0.39, 0.29) is 18.3 Å². The molecule has 3 aromatic rings. The summed E-state index contributed by atoms with van der Waals surface area (Å²) in [5.41, 5.74) is 6.99. The van der Waals surface area contributed by atoms with Gasteiger partial charge in [-0.05, 0) is 25.8 Å². The third kappa shape index (κ3) is 3.17. The molecule has 2 heterocycles. The van der Waals surface area contributed by atoms with Gasteiger partial charge >= 0.3 is 0 Å². The zero-order chi connectivity index (χ0) is 17.4. The summed E-state index contributed by atoms with van der Waals surface area (Å²) < 4.78 is 5.33. The molecule has 4 N–H and O–H groups in total. The molecule has 2 aromatic heterocycles. The molecule has 9 heteroatoms. The summed E-state index contributed by atoms with van der Waals surface area (Å²) in [4.78, 5) is 16.9. The largest absolute Gasteiger partial charge is 0.339 e. The van der Waals surface area contributed by atoms with E-state index in [9.17, 15) is 4.79 Å². The van der Waals surface area contributed by atoms with Crippen LogP contribution < -0.4 is 11.1 Å². The highest BCUT2D eigenvalue weighted by Gasteiger charge is 2.36. The molecular weight excluding hydrogens is 356 g/mol. The van der Waals surface area contributed by atoms with Crippen LogP contribution >= 0.6 is 12.4 Å². The molecule has 1 unspecified atom stereocenters. The van der Waals surface area contributed by atoms with Gasteiger partial charge < -0.3 is 15.6 Å².